The first kappa shape index (κ1) is 19.9. The van der Waals surface area contributed by atoms with E-state index in [-0.39, 0.29) is 30.0 Å². The molecule has 3 rings (SSSR count). The molecule has 1 aromatic heterocycles. The molecule has 27 heavy (non-hydrogen) atoms. The Morgan fingerprint density at radius 1 is 1.15 bits per heavy atom. The largest absolute Gasteiger partial charge is 0.474 e. The van der Waals surface area contributed by atoms with Crippen LogP contribution in [0.5, 0.6) is 5.88 Å². The molecule has 5 nitrogen and oxygen atoms in total. The highest BCUT2D eigenvalue weighted by Gasteiger charge is 2.32. The van der Waals surface area contributed by atoms with Crippen LogP contribution in [0, 0.1) is 0 Å². The molecule has 0 spiro atoms. The number of halogens is 4. The number of rotatable bonds is 4. The van der Waals surface area contributed by atoms with E-state index >= 15 is 0 Å². The third kappa shape index (κ3) is 4.72. The number of aromatic nitrogens is 1. The first-order valence-electron chi connectivity index (χ1n) is 8.12. The Hall–Kier alpha value is -1.84. The zero-order chi connectivity index (χ0) is 19.7. The topological polar surface area (TPSA) is 59.5 Å². The molecule has 0 radical (unpaired) electrons. The van der Waals surface area contributed by atoms with Crippen molar-refractivity contribution in [2.45, 2.75) is 30.0 Å². The maximum absolute atomic E-state index is 12.6. The van der Waals surface area contributed by atoms with Crippen LogP contribution in [-0.2, 0) is 16.2 Å². The van der Waals surface area contributed by atoms with Crippen LogP contribution in [0.4, 0.5) is 13.2 Å². The van der Waals surface area contributed by atoms with Crippen LogP contribution >= 0.6 is 11.6 Å². The minimum absolute atomic E-state index is 0.0825. The molecule has 0 N–H and O–H groups in total. The zero-order valence-electron chi connectivity index (χ0n) is 14.0. The van der Waals surface area contributed by atoms with Gasteiger partial charge < -0.3 is 4.74 Å². The first-order valence-corrected chi connectivity index (χ1v) is 9.94. The summed E-state index contributed by atoms with van der Waals surface area (Å²) in [5.41, 5.74) is -0.850. The Kier molecular flexibility index (Phi) is 5.64. The summed E-state index contributed by atoms with van der Waals surface area (Å²) < 4.78 is 69.9. The summed E-state index contributed by atoms with van der Waals surface area (Å²) in [5.74, 6) is 0.0825. The van der Waals surface area contributed by atoms with Crippen LogP contribution < -0.4 is 4.74 Å². The van der Waals surface area contributed by atoms with Gasteiger partial charge in [0.1, 0.15) is 6.10 Å². The second-order valence-electron chi connectivity index (χ2n) is 6.06. The highest BCUT2D eigenvalue weighted by Crippen LogP contribution is 2.30. The SMILES string of the molecule is O=S(=O)(c1cccc(Cl)c1)N1CCC(Oc2ccc(C(F)(F)F)cn2)CC1. The predicted octanol–water partition coefficient (Wildman–Crippen LogP) is 3.99. The smallest absolute Gasteiger partial charge is 0.417 e. The van der Waals surface area contributed by atoms with Gasteiger partial charge in [0.2, 0.25) is 15.9 Å². The summed E-state index contributed by atoms with van der Waals surface area (Å²) >= 11 is 5.86. The van der Waals surface area contributed by atoms with Crippen molar-refractivity contribution in [3.8, 4) is 5.88 Å². The standard InChI is InChI=1S/C17H16ClF3N2O3S/c18-13-2-1-3-15(10-13)27(24,25)23-8-6-14(7-9-23)26-16-5-4-12(11-22-16)17(19,20)21/h1-5,10-11,14H,6-9H2. The fraction of sp³-hybridized carbons (Fsp3) is 0.353. The van der Waals surface area contributed by atoms with Gasteiger partial charge in [-0.15, -0.1) is 0 Å². The van der Waals surface area contributed by atoms with E-state index < -0.39 is 21.8 Å². The van der Waals surface area contributed by atoms with Gasteiger partial charge in [-0.2, -0.15) is 17.5 Å². The lowest BCUT2D eigenvalue weighted by Gasteiger charge is -2.31. The summed E-state index contributed by atoms with van der Waals surface area (Å²) in [7, 11) is -3.65. The van der Waals surface area contributed by atoms with Crippen LogP contribution in [-0.4, -0.2) is 36.9 Å². The molecule has 0 saturated carbocycles. The Bertz CT molecular complexity index is 896. The Balaban J connectivity index is 1.60. The molecule has 2 heterocycles. The van der Waals surface area contributed by atoms with Gasteiger partial charge in [0, 0.05) is 30.4 Å². The Labute approximate surface area is 159 Å². The molecule has 0 amide bonds. The van der Waals surface area contributed by atoms with Crippen LogP contribution in [0.15, 0.2) is 47.5 Å². The molecule has 2 aromatic rings. The van der Waals surface area contributed by atoms with Crippen molar-refractivity contribution in [2.24, 2.45) is 0 Å². The number of nitrogens with zero attached hydrogens (tertiary/aromatic N) is 2. The molecule has 0 atom stereocenters. The van der Waals surface area contributed by atoms with E-state index in [0.717, 1.165) is 12.1 Å². The second kappa shape index (κ2) is 7.65. The minimum Gasteiger partial charge on any atom is -0.474 e. The summed E-state index contributed by atoms with van der Waals surface area (Å²) in [5, 5.41) is 0.336. The number of pyridine rings is 1. The lowest BCUT2D eigenvalue weighted by molar-refractivity contribution is -0.137. The zero-order valence-corrected chi connectivity index (χ0v) is 15.6. The Morgan fingerprint density at radius 2 is 1.85 bits per heavy atom. The van der Waals surface area contributed by atoms with Crippen molar-refractivity contribution >= 4 is 21.6 Å². The highest BCUT2D eigenvalue weighted by molar-refractivity contribution is 7.89. The van der Waals surface area contributed by atoms with Crippen molar-refractivity contribution in [1.82, 2.24) is 9.29 Å². The van der Waals surface area contributed by atoms with Gasteiger partial charge in [-0.05, 0) is 37.1 Å². The fourth-order valence-corrected chi connectivity index (χ4v) is 4.53. The molecule has 1 saturated heterocycles. The second-order valence-corrected chi connectivity index (χ2v) is 8.44. The molecule has 1 aliphatic heterocycles. The molecule has 0 bridgehead atoms. The monoisotopic (exact) mass is 420 g/mol. The van der Waals surface area contributed by atoms with E-state index in [1.165, 1.54) is 16.4 Å². The van der Waals surface area contributed by atoms with Gasteiger partial charge in [-0.25, -0.2) is 13.4 Å². The summed E-state index contributed by atoms with van der Waals surface area (Å²) in [6.07, 6.45) is -3.25. The number of sulfonamides is 1. The number of alkyl halides is 3. The number of benzene rings is 1. The summed E-state index contributed by atoms with van der Waals surface area (Å²) in [6.45, 7) is 0.473. The van der Waals surface area contributed by atoms with Gasteiger partial charge in [-0.3, -0.25) is 0 Å². The quantitative estimate of drug-likeness (QED) is 0.750. The van der Waals surface area contributed by atoms with Gasteiger partial charge in [0.25, 0.3) is 0 Å². The molecule has 10 heteroatoms. The third-order valence-electron chi connectivity index (χ3n) is 4.19. The fourth-order valence-electron chi connectivity index (χ4n) is 2.76. The van der Waals surface area contributed by atoms with Crippen LogP contribution in [0.1, 0.15) is 18.4 Å². The average Bonchev–Trinajstić information content (AvgIpc) is 2.62. The number of hydrogen-bond donors (Lipinski definition) is 0. The van der Waals surface area contributed by atoms with Crippen molar-refractivity contribution in [3.05, 3.63) is 53.2 Å². The maximum Gasteiger partial charge on any atom is 0.417 e. The maximum atomic E-state index is 12.6. The van der Waals surface area contributed by atoms with E-state index in [1.54, 1.807) is 12.1 Å². The Morgan fingerprint density at radius 3 is 2.41 bits per heavy atom. The van der Waals surface area contributed by atoms with Crippen molar-refractivity contribution < 1.29 is 26.3 Å². The van der Waals surface area contributed by atoms with E-state index in [1.807, 2.05) is 0 Å². The molecule has 0 unspecified atom stereocenters. The molecule has 1 fully saturated rings. The summed E-state index contributed by atoms with van der Waals surface area (Å²) in [6, 6.07) is 8.11. The van der Waals surface area contributed by atoms with E-state index in [2.05, 4.69) is 4.98 Å². The van der Waals surface area contributed by atoms with Crippen LogP contribution in [0.25, 0.3) is 0 Å². The van der Waals surface area contributed by atoms with Crippen molar-refractivity contribution in [2.75, 3.05) is 13.1 Å². The summed E-state index contributed by atoms with van der Waals surface area (Å²) in [4.78, 5) is 3.80. The lowest BCUT2D eigenvalue weighted by Crippen LogP contribution is -2.41. The van der Waals surface area contributed by atoms with Gasteiger partial charge in [0.15, 0.2) is 0 Å². The minimum atomic E-state index is -4.45. The number of piperidine rings is 1. The van der Waals surface area contributed by atoms with Crippen molar-refractivity contribution in [1.29, 1.82) is 0 Å². The molecular formula is C17H16ClF3N2O3S. The highest BCUT2D eigenvalue weighted by atomic mass is 35.5. The molecule has 1 aliphatic rings. The molecule has 146 valence electrons. The van der Waals surface area contributed by atoms with Crippen LogP contribution in [0.2, 0.25) is 5.02 Å². The normalized spacial score (nSPS) is 17.0. The average molecular weight is 421 g/mol. The number of ether oxygens (including phenoxy) is 1. The first-order chi connectivity index (χ1) is 12.7. The van der Waals surface area contributed by atoms with Gasteiger partial charge in [0.05, 0.1) is 10.5 Å². The molecule has 0 aliphatic carbocycles. The van der Waals surface area contributed by atoms with Crippen LogP contribution in [0.3, 0.4) is 0 Å². The van der Waals surface area contributed by atoms with Gasteiger partial charge in [-0.1, -0.05) is 17.7 Å². The molecular weight excluding hydrogens is 405 g/mol. The van der Waals surface area contributed by atoms with Gasteiger partial charge >= 0.3 is 6.18 Å². The van der Waals surface area contributed by atoms with Crippen molar-refractivity contribution in [3.63, 3.8) is 0 Å². The van der Waals surface area contributed by atoms with E-state index in [4.69, 9.17) is 16.3 Å². The number of hydrogen-bond acceptors (Lipinski definition) is 4. The third-order valence-corrected chi connectivity index (χ3v) is 6.32. The lowest BCUT2D eigenvalue weighted by atomic mass is 10.1. The van der Waals surface area contributed by atoms with E-state index in [9.17, 15) is 21.6 Å². The van der Waals surface area contributed by atoms with E-state index in [0.29, 0.717) is 24.1 Å². The molecule has 1 aromatic carbocycles. The predicted molar refractivity (Wildman–Crippen MR) is 93.1 cm³/mol.